The maximum absolute atomic E-state index is 7.17. The molecule has 0 aromatic heterocycles. The van der Waals surface area contributed by atoms with Gasteiger partial charge in [0.05, 0.1) is 0 Å². The standard InChI is InChI=1S/3C36H26S2.BH3O3/c3*1-3-7-27(8-4-1)29-11-13-30(14-12-29)32-17-21-34(22-18-32)38-36-25-23-35(24-26-36)37-33-19-15-31(16-20-33)28-9-5-2-6-10-28;2-1(3)4/h3*1-26H;2-4H. The Balaban J connectivity index is 0.000000135. The highest BCUT2D eigenvalue weighted by atomic mass is 32.2. The fourth-order valence-electron chi connectivity index (χ4n) is 13.2. The van der Waals surface area contributed by atoms with Gasteiger partial charge < -0.3 is 15.1 Å². The first-order valence-corrected chi connectivity index (χ1v) is 43.7. The van der Waals surface area contributed by atoms with Gasteiger partial charge in [0.2, 0.25) is 0 Å². The first-order valence-electron chi connectivity index (χ1n) is 38.8. The highest BCUT2D eigenvalue weighted by Gasteiger charge is 2.11. The van der Waals surface area contributed by atoms with Crippen LogP contribution in [0.5, 0.6) is 0 Å². The molecule has 0 saturated carbocycles. The minimum Gasteiger partial charge on any atom is -0.402 e. The summed E-state index contributed by atoms with van der Waals surface area (Å²) in [6.45, 7) is 0. The summed E-state index contributed by atoms with van der Waals surface area (Å²) in [6, 6.07) is 169. The van der Waals surface area contributed by atoms with Crippen molar-refractivity contribution in [2.45, 2.75) is 58.7 Å². The fourth-order valence-corrected chi connectivity index (χ4v) is 18.1. The Hall–Kier alpha value is -12.0. The predicted octanol–water partition coefficient (Wildman–Crippen LogP) is 30.9. The van der Waals surface area contributed by atoms with Gasteiger partial charge in [-0.3, -0.25) is 0 Å². The van der Waals surface area contributed by atoms with Crippen LogP contribution in [0.15, 0.2) is 532 Å². The highest BCUT2D eigenvalue weighted by molar-refractivity contribution is 8.00. The van der Waals surface area contributed by atoms with Crippen LogP contribution in [-0.2, 0) is 0 Å². The molecule has 0 amide bonds. The van der Waals surface area contributed by atoms with Crippen LogP contribution in [-0.4, -0.2) is 22.4 Å². The quantitative estimate of drug-likeness (QED) is 0.0611. The number of hydrogen-bond acceptors (Lipinski definition) is 9. The van der Waals surface area contributed by atoms with E-state index in [-0.39, 0.29) is 0 Å². The van der Waals surface area contributed by atoms with Crippen molar-refractivity contribution >= 4 is 77.9 Å². The van der Waals surface area contributed by atoms with Crippen LogP contribution in [0.4, 0.5) is 0 Å². The molecule has 0 saturated heterocycles. The molecule has 0 fully saturated rings. The van der Waals surface area contributed by atoms with Gasteiger partial charge in [0.15, 0.2) is 0 Å². The van der Waals surface area contributed by atoms with Gasteiger partial charge in [0.1, 0.15) is 0 Å². The van der Waals surface area contributed by atoms with Crippen molar-refractivity contribution in [2.24, 2.45) is 0 Å². The second kappa shape index (κ2) is 41.7. The van der Waals surface area contributed by atoms with E-state index >= 15 is 0 Å². The average molecular weight is 1630 g/mol. The van der Waals surface area contributed by atoms with Gasteiger partial charge >= 0.3 is 7.32 Å². The van der Waals surface area contributed by atoms with Gasteiger partial charge in [-0.05, 0) is 246 Å². The zero-order valence-electron chi connectivity index (χ0n) is 64.4. The van der Waals surface area contributed by atoms with Crippen molar-refractivity contribution in [3.63, 3.8) is 0 Å². The Morgan fingerprint density at radius 1 is 0.102 bits per heavy atom. The summed E-state index contributed by atoms with van der Waals surface area (Å²) < 4.78 is 0. The zero-order chi connectivity index (χ0) is 80.3. The second-order valence-electron chi connectivity index (χ2n) is 27.4. The van der Waals surface area contributed by atoms with Crippen LogP contribution < -0.4 is 0 Å². The van der Waals surface area contributed by atoms with E-state index in [0.29, 0.717) is 0 Å². The summed E-state index contributed by atoms with van der Waals surface area (Å²) in [6.07, 6.45) is 0. The second-order valence-corrected chi connectivity index (χ2v) is 34.3. The lowest BCUT2D eigenvalue weighted by atomic mass is 10.0. The molecule has 18 aromatic carbocycles. The molecule has 0 aliphatic carbocycles. The van der Waals surface area contributed by atoms with Crippen molar-refractivity contribution in [1.29, 1.82) is 0 Å². The van der Waals surface area contributed by atoms with Crippen molar-refractivity contribution in [3.05, 3.63) is 473 Å². The van der Waals surface area contributed by atoms with Crippen molar-refractivity contribution in [2.75, 3.05) is 0 Å². The number of benzene rings is 18. The van der Waals surface area contributed by atoms with Gasteiger partial charge in [0, 0.05) is 58.7 Å². The Labute approximate surface area is 718 Å². The summed E-state index contributed by atoms with van der Waals surface area (Å²) in [5.41, 5.74) is 22.4. The summed E-state index contributed by atoms with van der Waals surface area (Å²) >= 11 is 10.8. The number of rotatable bonds is 21. The molecule has 0 aliphatic rings. The van der Waals surface area contributed by atoms with Gasteiger partial charge in [-0.1, -0.05) is 398 Å². The van der Waals surface area contributed by atoms with E-state index in [2.05, 4.69) is 473 Å². The van der Waals surface area contributed by atoms with Gasteiger partial charge in [-0.25, -0.2) is 0 Å². The van der Waals surface area contributed by atoms with E-state index in [0.717, 1.165) is 0 Å². The Morgan fingerprint density at radius 3 is 0.263 bits per heavy atom. The van der Waals surface area contributed by atoms with Crippen LogP contribution >= 0.6 is 70.6 Å². The Morgan fingerprint density at radius 2 is 0.169 bits per heavy atom. The molecule has 570 valence electrons. The first kappa shape index (κ1) is 81.2. The molecule has 0 radical (unpaired) electrons. The van der Waals surface area contributed by atoms with E-state index in [1.807, 2.05) is 0 Å². The molecular weight excluding hydrogens is 1550 g/mol. The highest BCUT2D eigenvalue weighted by Crippen LogP contribution is 2.40. The van der Waals surface area contributed by atoms with Gasteiger partial charge in [-0.15, -0.1) is 0 Å². The van der Waals surface area contributed by atoms with E-state index in [1.54, 1.807) is 70.6 Å². The normalized spacial score (nSPS) is 10.7. The molecular formula is C108H81BO3S6. The minimum absolute atomic E-state index is 1.24. The lowest BCUT2D eigenvalue weighted by Gasteiger charge is -2.08. The van der Waals surface area contributed by atoms with Crippen LogP contribution in [0, 0.1) is 0 Å². The SMILES string of the molecule is OB(O)O.c1ccc(-c2ccc(Sc3ccc(Sc4ccc(-c5ccc(-c6ccccc6)cc5)cc4)cc3)cc2)cc1.c1ccc(-c2ccc(Sc3ccc(Sc4ccc(-c5ccc(-c6ccccc6)cc5)cc4)cc3)cc2)cc1.c1ccc(-c2ccc(Sc3ccc(Sc4ccc(-c5ccc(-c6ccccc6)cc5)cc4)cc3)cc2)cc1. The average Bonchev–Trinajstić information content (AvgIpc) is 1.02. The van der Waals surface area contributed by atoms with E-state index in [1.165, 1.54) is 159 Å². The van der Waals surface area contributed by atoms with E-state index < -0.39 is 7.32 Å². The van der Waals surface area contributed by atoms with Crippen molar-refractivity contribution in [1.82, 2.24) is 0 Å². The third kappa shape index (κ3) is 23.7. The molecule has 118 heavy (non-hydrogen) atoms. The largest absolute Gasteiger partial charge is 0.631 e. The molecule has 18 aromatic rings. The monoisotopic (exact) mass is 1630 g/mol. The summed E-state index contributed by atoms with van der Waals surface area (Å²) in [4.78, 5) is 14.9. The van der Waals surface area contributed by atoms with E-state index in [9.17, 15) is 0 Å². The van der Waals surface area contributed by atoms with Gasteiger partial charge in [-0.2, -0.15) is 0 Å². The molecule has 3 nitrogen and oxygen atoms in total. The molecule has 3 N–H and O–H groups in total. The van der Waals surface area contributed by atoms with Crippen LogP contribution in [0.25, 0.3) is 100 Å². The molecule has 0 spiro atoms. The molecule has 0 atom stereocenters. The predicted molar refractivity (Wildman–Crippen MR) is 504 cm³/mol. The third-order valence-corrected chi connectivity index (χ3v) is 25.4. The maximum Gasteiger partial charge on any atom is 0.631 e. The van der Waals surface area contributed by atoms with E-state index in [4.69, 9.17) is 15.1 Å². The number of hydrogen-bond donors (Lipinski definition) is 3. The molecule has 0 bridgehead atoms. The van der Waals surface area contributed by atoms with Crippen LogP contribution in [0.2, 0.25) is 0 Å². The smallest absolute Gasteiger partial charge is 0.402 e. The summed E-state index contributed by atoms with van der Waals surface area (Å²) in [7, 11) is -2.17. The Kier molecular flexibility index (Phi) is 28.7. The fraction of sp³-hybridized carbons (Fsp3) is 0. The molecule has 0 unspecified atom stereocenters. The minimum atomic E-state index is -2.17. The molecule has 18 rings (SSSR count). The third-order valence-electron chi connectivity index (χ3n) is 19.3. The van der Waals surface area contributed by atoms with Crippen LogP contribution in [0.3, 0.4) is 0 Å². The van der Waals surface area contributed by atoms with Crippen LogP contribution in [0.1, 0.15) is 0 Å². The first-order chi connectivity index (χ1) is 58.1. The topological polar surface area (TPSA) is 60.7 Å². The van der Waals surface area contributed by atoms with Crippen molar-refractivity contribution < 1.29 is 15.1 Å². The molecule has 0 heterocycles. The summed E-state index contributed by atoms with van der Waals surface area (Å²) in [5.74, 6) is 0. The summed E-state index contributed by atoms with van der Waals surface area (Å²) in [5, 5.41) is 21.5. The maximum atomic E-state index is 7.17. The van der Waals surface area contributed by atoms with Gasteiger partial charge in [0.25, 0.3) is 0 Å². The lowest BCUT2D eigenvalue weighted by molar-refractivity contribution is 0.278. The van der Waals surface area contributed by atoms with Crippen molar-refractivity contribution in [3.8, 4) is 100 Å². The lowest BCUT2D eigenvalue weighted by Crippen LogP contribution is -2.07. The molecule has 10 heteroatoms. The zero-order valence-corrected chi connectivity index (χ0v) is 69.3. The Bertz CT molecular complexity index is 5450. The molecule has 0 aliphatic heterocycles.